The molecular weight excluding hydrogens is 370 g/mol. The molecule has 0 aliphatic carbocycles. The second kappa shape index (κ2) is 10.0. The first kappa shape index (κ1) is 20.8. The molecule has 0 saturated carbocycles. The average molecular weight is 402 g/mol. The van der Waals surface area contributed by atoms with Crippen LogP contribution in [0.4, 0.5) is 0 Å². The summed E-state index contributed by atoms with van der Waals surface area (Å²) in [7, 11) is 0. The van der Waals surface area contributed by atoms with Crippen molar-refractivity contribution < 1.29 is 9.84 Å². The molecule has 2 heterocycles. The first-order valence-corrected chi connectivity index (χ1v) is 10.9. The van der Waals surface area contributed by atoms with Gasteiger partial charge in [0.05, 0.1) is 12.6 Å². The molecule has 3 unspecified atom stereocenters. The molecule has 1 saturated heterocycles. The quantitative estimate of drug-likeness (QED) is 0.489. The van der Waals surface area contributed by atoms with Crippen LogP contribution < -0.4 is 10.6 Å². The maximum Gasteiger partial charge on any atom is 0.191 e. The maximum atomic E-state index is 10.7. The SMILES string of the molecule is CCNC(=NCC(C)(O)c1cccs1)NCC1CCCOC1c1ccccc1. The van der Waals surface area contributed by atoms with E-state index in [-0.39, 0.29) is 6.10 Å². The van der Waals surface area contributed by atoms with Crippen molar-refractivity contribution in [2.75, 3.05) is 26.2 Å². The lowest BCUT2D eigenvalue weighted by Crippen LogP contribution is -2.42. The van der Waals surface area contributed by atoms with Gasteiger partial charge >= 0.3 is 0 Å². The van der Waals surface area contributed by atoms with E-state index in [1.54, 1.807) is 11.3 Å². The number of thiophene rings is 1. The van der Waals surface area contributed by atoms with Gasteiger partial charge in [-0.1, -0.05) is 36.4 Å². The maximum absolute atomic E-state index is 10.7. The second-order valence-electron chi connectivity index (χ2n) is 7.43. The number of ether oxygens (including phenoxy) is 1. The Bertz CT molecular complexity index is 732. The molecule has 28 heavy (non-hydrogen) atoms. The number of aliphatic imine (C=N–C) groups is 1. The average Bonchev–Trinajstić information content (AvgIpc) is 3.27. The van der Waals surface area contributed by atoms with Gasteiger partial charge in [-0.05, 0) is 43.7 Å². The van der Waals surface area contributed by atoms with Crippen LogP contribution in [-0.2, 0) is 10.3 Å². The summed E-state index contributed by atoms with van der Waals surface area (Å²) < 4.78 is 6.09. The molecule has 0 amide bonds. The normalized spacial score (nSPS) is 22.5. The van der Waals surface area contributed by atoms with E-state index in [0.717, 1.165) is 43.4 Å². The van der Waals surface area contributed by atoms with Crippen LogP contribution in [0.15, 0.2) is 52.8 Å². The molecule has 1 aromatic heterocycles. The van der Waals surface area contributed by atoms with Gasteiger partial charge in [0.25, 0.3) is 0 Å². The smallest absolute Gasteiger partial charge is 0.191 e. The Morgan fingerprint density at radius 2 is 2.07 bits per heavy atom. The molecule has 152 valence electrons. The molecule has 0 radical (unpaired) electrons. The van der Waals surface area contributed by atoms with Gasteiger partial charge < -0.3 is 20.5 Å². The topological polar surface area (TPSA) is 65.9 Å². The molecule has 0 bridgehead atoms. The largest absolute Gasteiger partial charge is 0.383 e. The van der Waals surface area contributed by atoms with E-state index in [9.17, 15) is 5.11 Å². The third-order valence-electron chi connectivity index (χ3n) is 5.05. The molecule has 3 N–H and O–H groups in total. The van der Waals surface area contributed by atoms with Gasteiger partial charge in [-0.25, -0.2) is 4.99 Å². The third-order valence-corrected chi connectivity index (χ3v) is 6.17. The van der Waals surface area contributed by atoms with E-state index in [1.807, 2.05) is 37.4 Å². The van der Waals surface area contributed by atoms with Gasteiger partial charge in [-0.3, -0.25) is 0 Å². The Morgan fingerprint density at radius 3 is 2.79 bits per heavy atom. The molecular formula is C22H31N3O2S. The highest BCUT2D eigenvalue weighted by molar-refractivity contribution is 7.10. The van der Waals surface area contributed by atoms with Crippen molar-refractivity contribution >= 4 is 17.3 Å². The molecule has 1 fully saturated rings. The second-order valence-corrected chi connectivity index (χ2v) is 8.38. The summed E-state index contributed by atoms with van der Waals surface area (Å²) in [4.78, 5) is 5.56. The number of hydrogen-bond donors (Lipinski definition) is 3. The van der Waals surface area contributed by atoms with Crippen LogP contribution >= 0.6 is 11.3 Å². The summed E-state index contributed by atoms with van der Waals surface area (Å²) in [6, 6.07) is 14.3. The van der Waals surface area contributed by atoms with Crippen molar-refractivity contribution in [3.8, 4) is 0 Å². The number of nitrogens with zero attached hydrogens (tertiary/aromatic N) is 1. The summed E-state index contributed by atoms with van der Waals surface area (Å²) in [5.74, 6) is 1.12. The Morgan fingerprint density at radius 1 is 1.25 bits per heavy atom. The van der Waals surface area contributed by atoms with Crippen molar-refractivity contribution in [1.82, 2.24) is 10.6 Å². The molecule has 5 nitrogen and oxygen atoms in total. The first-order chi connectivity index (χ1) is 13.6. The zero-order valence-corrected chi connectivity index (χ0v) is 17.5. The molecule has 6 heteroatoms. The minimum atomic E-state index is -0.961. The van der Waals surface area contributed by atoms with E-state index >= 15 is 0 Å². The fraction of sp³-hybridized carbons (Fsp3) is 0.500. The standard InChI is InChI=1S/C22H31N3O2S/c1-3-23-21(25-16-22(2,26)19-12-8-14-28-19)24-15-18-11-7-13-27-20(18)17-9-5-4-6-10-17/h4-6,8-10,12,14,18,20,26H,3,7,11,13,15-16H2,1-2H3,(H2,23,24,25). The van der Waals surface area contributed by atoms with E-state index < -0.39 is 5.60 Å². The van der Waals surface area contributed by atoms with E-state index in [0.29, 0.717) is 12.5 Å². The molecule has 0 spiro atoms. The summed E-state index contributed by atoms with van der Waals surface area (Å²) in [5, 5.41) is 19.4. The number of benzene rings is 1. The van der Waals surface area contributed by atoms with Crippen LogP contribution in [0.5, 0.6) is 0 Å². The van der Waals surface area contributed by atoms with Gasteiger partial charge in [0.1, 0.15) is 5.60 Å². The Kier molecular flexibility index (Phi) is 7.48. The van der Waals surface area contributed by atoms with Crippen molar-refractivity contribution in [3.05, 3.63) is 58.3 Å². The highest BCUT2D eigenvalue weighted by atomic mass is 32.1. The zero-order valence-electron chi connectivity index (χ0n) is 16.7. The predicted octanol–water partition coefficient (Wildman–Crippen LogP) is 3.68. The Hall–Kier alpha value is -1.89. The van der Waals surface area contributed by atoms with Crippen LogP contribution in [0.3, 0.4) is 0 Å². The van der Waals surface area contributed by atoms with E-state index in [2.05, 4.69) is 39.9 Å². The predicted molar refractivity (Wildman–Crippen MR) is 116 cm³/mol. The van der Waals surface area contributed by atoms with Crippen LogP contribution in [0.2, 0.25) is 0 Å². The summed E-state index contributed by atoms with van der Waals surface area (Å²) >= 11 is 1.55. The lowest BCUT2D eigenvalue weighted by atomic mass is 9.89. The lowest BCUT2D eigenvalue weighted by Gasteiger charge is -2.32. The van der Waals surface area contributed by atoms with Crippen LogP contribution in [0.1, 0.15) is 43.2 Å². The Balaban J connectivity index is 1.63. The molecule has 1 aliphatic heterocycles. The number of aliphatic hydroxyl groups is 1. The minimum absolute atomic E-state index is 0.111. The molecule has 1 aromatic carbocycles. The van der Waals surface area contributed by atoms with Gasteiger partial charge in [-0.2, -0.15) is 0 Å². The molecule has 2 aromatic rings. The van der Waals surface area contributed by atoms with E-state index in [1.165, 1.54) is 5.56 Å². The van der Waals surface area contributed by atoms with E-state index in [4.69, 9.17) is 4.74 Å². The summed E-state index contributed by atoms with van der Waals surface area (Å²) in [6.07, 6.45) is 2.31. The highest BCUT2D eigenvalue weighted by Gasteiger charge is 2.28. The monoisotopic (exact) mass is 401 g/mol. The zero-order chi connectivity index (χ0) is 19.8. The minimum Gasteiger partial charge on any atom is -0.383 e. The van der Waals surface area contributed by atoms with Crippen molar-refractivity contribution in [3.63, 3.8) is 0 Å². The first-order valence-electron chi connectivity index (χ1n) is 10.0. The van der Waals surface area contributed by atoms with Gasteiger partial charge in [0.15, 0.2) is 5.96 Å². The highest BCUT2D eigenvalue weighted by Crippen LogP contribution is 2.33. The molecule has 3 rings (SSSR count). The lowest BCUT2D eigenvalue weighted by molar-refractivity contribution is -0.0265. The Labute approximate surface area is 171 Å². The van der Waals surface area contributed by atoms with Crippen molar-refractivity contribution in [2.24, 2.45) is 10.9 Å². The van der Waals surface area contributed by atoms with Crippen LogP contribution in [0, 0.1) is 5.92 Å². The molecule has 3 atom stereocenters. The fourth-order valence-electron chi connectivity index (χ4n) is 3.53. The van der Waals surface area contributed by atoms with Gasteiger partial charge in [0.2, 0.25) is 0 Å². The number of guanidine groups is 1. The van der Waals surface area contributed by atoms with Crippen molar-refractivity contribution in [2.45, 2.75) is 38.4 Å². The fourth-order valence-corrected chi connectivity index (χ4v) is 4.31. The third kappa shape index (κ3) is 5.56. The van der Waals surface area contributed by atoms with Gasteiger partial charge in [0, 0.05) is 30.5 Å². The van der Waals surface area contributed by atoms with Gasteiger partial charge in [-0.15, -0.1) is 11.3 Å². The van der Waals surface area contributed by atoms with Crippen LogP contribution in [0.25, 0.3) is 0 Å². The van der Waals surface area contributed by atoms with Crippen molar-refractivity contribution in [1.29, 1.82) is 0 Å². The molecule has 1 aliphatic rings. The number of rotatable bonds is 7. The summed E-state index contributed by atoms with van der Waals surface area (Å²) in [6.45, 7) is 6.54. The number of nitrogens with one attached hydrogen (secondary N) is 2. The van der Waals surface area contributed by atoms with Crippen LogP contribution in [-0.4, -0.2) is 37.3 Å². The number of hydrogen-bond acceptors (Lipinski definition) is 4. The summed E-state index contributed by atoms with van der Waals surface area (Å²) in [5.41, 5.74) is 0.272.